The van der Waals surface area contributed by atoms with Gasteiger partial charge in [-0.1, -0.05) is 6.92 Å². The van der Waals surface area contributed by atoms with Gasteiger partial charge in [0.1, 0.15) is 0 Å². The molecular formula is C12H17N3O3. The molecule has 1 saturated heterocycles. The van der Waals surface area contributed by atoms with Crippen molar-refractivity contribution in [2.24, 2.45) is 5.92 Å². The Bertz CT molecular complexity index is 469. The number of carbonyl (C=O) groups is 2. The second kappa shape index (κ2) is 4.80. The lowest BCUT2D eigenvalue weighted by molar-refractivity contribution is 0.0554. The highest BCUT2D eigenvalue weighted by Gasteiger charge is 2.31. The van der Waals surface area contributed by atoms with Crippen LogP contribution in [0.15, 0.2) is 6.33 Å². The monoisotopic (exact) mass is 251 g/mol. The standard InChI is InChI=1S/C12H17N3O3/c1-7-3-4-8(2)15(5-7)11(16)9-10(12(17)18)14-6-13-9/h6-8H,3-5H2,1-2H3,(H,13,14)(H,17,18). The van der Waals surface area contributed by atoms with Gasteiger partial charge < -0.3 is 15.0 Å². The maximum Gasteiger partial charge on any atom is 0.354 e. The summed E-state index contributed by atoms with van der Waals surface area (Å²) < 4.78 is 0. The van der Waals surface area contributed by atoms with E-state index in [1.807, 2.05) is 6.92 Å². The number of carboxylic acid groups (broad SMARTS) is 1. The number of carboxylic acids is 1. The van der Waals surface area contributed by atoms with Gasteiger partial charge in [0.15, 0.2) is 11.4 Å². The molecule has 0 aromatic carbocycles. The van der Waals surface area contributed by atoms with E-state index < -0.39 is 5.97 Å². The topological polar surface area (TPSA) is 86.3 Å². The highest BCUT2D eigenvalue weighted by molar-refractivity contribution is 6.02. The van der Waals surface area contributed by atoms with Crippen molar-refractivity contribution >= 4 is 11.9 Å². The van der Waals surface area contributed by atoms with Crippen LogP contribution >= 0.6 is 0 Å². The summed E-state index contributed by atoms with van der Waals surface area (Å²) in [6.07, 6.45) is 3.28. The molecule has 0 saturated carbocycles. The van der Waals surface area contributed by atoms with Gasteiger partial charge in [0.25, 0.3) is 5.91 Å². The molecule has 18 heavy (non-hydrogen) atoms. The first-order valence-electron chi connectivity index (χ1n) is 6.08. The number of rotatable bonds is 2. The zero-order valence-corrected chi connectivity index (χ0v) is 10.5. The second-order valence-corrected chi connectivity index (χ2v) is 4.92. The molecule has 2 atom stereocenters. The maximum atomic E-state index is 12.3. The van der Waals surface area contributed by atoms with Crippen molar-refractivity contribution in [1.29, 1.82) is 0 Å². The number of aromatic amines is 1. The Balaban J connectivity index is 2.24. The number of amides is 1. The molecule has 98 valence electrons. The van der Waals surface area contributed by atoms with E-state index in [2.05, 4.69) is 16.9 Å². The third-order valence-corrected chi connectivity index (χ3v) is 3.43. The van der Waals surface area contributed by atoms with E-state index >= 15 is 0 Å². The van der Waals surface area contributed by atoms with Crippen LogP contribution in [0, 0.1) is 5.92 Å². The lowest BCUT2D eigenvalue weighted by Gasteiger charge is -2.36. The van der Waals surface area contributed by atoms with Crippen LogP contribution in [0.25, 0.3) is 0 Å². The zero-order chi connectivity index (χ0) is 13.3. The molecule has 2 heterocycles. The first-order chi connectivity index (χ1) is 8.50. The van der Waals surface area contributed by atoms with Crippen LogP contribution in [0.1, 0.15) is 47.7 Å². The van der Waals surface area contributed by atoms with Gasteiger partial charge in [0.05, 0.1) is 6.33 Å². The van der Waals surface area contributed by atoms with Crippen molar-refractivity contribution < 1.29 is 14.7 Å². The summed E-state index contributed by atoms with van der Waals surface area (Å²) in [6.45, 7) is 4.73. The number of carbonyl (C=O) groups excluding carboxylic acids is 1. The van der Waals surface area contributed by atoms with Gasteiger partial charge in [0, 0.05) is 12.6 Å². The Kier molecular flexibility index (Phi) is 3.36. The molecular weight excluding hydrogens is 234 g/mol. The van der Waals surface area contributed by atoms with E-state index in [1.165, 1.54) is 6.33 Å². The summed E-state index contributed by atoms with van der Waals surface area (Å²) in [6, 6.07) is 0.132. The lowest BCUT2D eigenvalue weighted by Crippen LogP contribution is -2.45. The van der Waals surface area contributed by atoms with Crippen molar-refractivity contribution in [3.05, 3.63) is 17.7 Å². The fourth-order valence-corrected chi connectivity index (χ4v) is 2.33. The minimum atomic E-state index is -1.16. The molecule has 0 spiro atoms. The Hall–Kier alpha value is -1.85. The number of hydrogen-bond acceptors (Lipinski definition) is 3. The predicted molar refractivity (Wildman–Crippen MR) is 64.4 cm³/mol. The van der Waals surface area contributed by atoms with E-state index in [4.69, 9.17) is 5.11 Å². The SMILES string of the molecule is CC1CCC(C)N(C(=O)c2nc[nH]c2C(=O)O)C1. The highest BCUT2D eigenvalue weighted by atomic mass is 16.4. The fraction of sp³-hybridized carbons (Fsp3) is 0.583. The van der Waals surface area contributed by atoms with Gasteiger partial charge >= 0.3 is 5.97 Å². The summed E-state index contributed by atoms with van der Waals surface area (Å²) in [4.78, 5) is 31.4. The number of aromatic nitrogens is 2. The van der Waals surface area contributed by atoms with E-state index in [0.29, 0.717) is 12.5 Å². The number of H-pyrrole nitrogens is 1. The molecule has 0 radical (unpaired) electrons. The van der Waals surface area contributed by atoms with Crippen molar-refractivity contribution in [3.63, 3.8) is 0 Å². The molecule has 0 bridgehead atoms. The van der Waals surface area contributed by atoms with Crippen molar-refractivity contribution in [1.82, 2.24) is 14.9 Å². The first kappa shape index (κ1) is 12.6. The van der Waals surface area contributed by atoms with Crippen molar-refractivity contribution in [2.45, 2.75) is 32.7 Å². The average Bonchev–Trinajstić information content (AvgIpc) is 2.80. The Morgan fingerprint density at radius 3 is 2.83 bits per heavy atom. The van der Waals surface area contributed by atoms with E-state index in [9.17, 15) is 9.59 Å². The number of imidazole rings is 1. The average molecular weight is 251 g/mol. The van der Waals surface area contributed by atoms with Gasteiger partial charge in [-0.15, -0.1) is 0 Å². The van der Waals surface area contributed by atoms with E-state index in [1.54, 1.807) is 4.90 Å². The minimum Gasteiger partial charge on any atom is -0.477 e. The van der Waals surface area contributed by atoms with Gasteiger partial charge in [0.2, 0.25) is 0 Å². The normalized spacial score (nSPS) is 24.0. The number of nitrogens with zero attached hydrogens (tertiary/aromatic N) is 2. The summed E-state index contributed by atoms with van der Waals surface area (Å²) in [5.41, 5.74) is -0.131. The highest BCUT2D eigenvalue weighted by Crippen LogP contribution is 2.23. The van der Waals surface area contributed by atoms with Gasteiger partial charge in [-0.25, -0.2) is 9.78 Å². The first-order valence-corrected chi connectivity index (χ1v) is 6.08. The van der Waals surface area contributed by atoms with Crippen LogP contribution in [0.4, 0.5) is 0 Å². The number of likely N-dealkylation sites (tertiary alicyclic amines) is 1. The number of nitrogens with one attached hydrogen (secondary N) is 1. The zero-order valence-electron chi connectivity index (χ0n) is 10.5. The number of piperidine rings is 1. The van der Waals surface area contributed by atoms with Crippen LogP contribution in [0.5, 0.6) is 0 Å². The third-order valence-electron chi connectivity index (χ3n) is 3.43. The van der Waals surface area contributed by atoms with Gasteiger partial charge in [-0.3, -0.25) is 4.79 Å². The maximum absolute atomic E-state index is 12.3. The Morgan fingerprint density at radius 1 is 1.44 bits per heavy atom. The molecule has 1 aliphatic rings. The molecule has 2 rings (SSSR count). The second-order valence-electron chi connectivity index (χ2n) is 4.92. The molecule has 1 aliphatic heterocycles. The lowest BCUT2D eigenvalue weighted by atomic mass is 9.94. The predicted octanol–water partition coefficient (Wildman–Crippen LogP) is 1.37. The fourth-order valence-electron chi connectivity index (χ4n) is 2.33. The molecule has 6 nitrogen and oxygen atoms in total. The molecule has 0 aliphatic carbocycles. The van der Waals surface area contributed by atoms with E-state index in [0.717, 1.165) is 12.8 Å². The molecule has 1 fully saturated rings. The molecule has 1 aromatic heterocycles. The summed E-state index contributed by atoms with van der Waals surface area (Å²) in [5.74, 6) is -1.02. The minimum absolute atomic E-state index is 0.00319. The van der Waals surface area contributed by atoms with Crippen LogP contribution in [-0.2, 0) is 0 Å². The van der Waals surface area contributed by atoms with Crippen LogP contribution < -0.4 is 0 Å². The summed E-state index contributed by atoms with van der Waals surface area (Å²) in [7, 11) is 0. The quantitative estimate of drug-likeness (QED) is 0.831. The Morgan fingerprint density at radius 2 is 2.17 bits per heavy atom. The van der Waals surface area contributed by atoms with Crippen LogP contribution in [0.3, 0.4) is 0 Å². The number of hydrogen-bond donors (Lipinski definition) is 2. The van der Waals surface area contributed by atoms with Gasteiger partial charge in [-0.05, 0) is 25.7 Å². The summed E-state index contributed by atoms with van der Waals surface area (Å²) >= 11 is 0. The molecule has 2 N–H and O–H groups in total. The van der Waals surface area contributed by atoms with Crippen LogP contribution in [0.2, 0.25) is 0 Å². The number of aromatic carboxylic acids is 1. The van der Waals surface area contributed by atoms with Crippen molar-refractivity contribution in [3.8, 4) is 0 Å². The van der Waals surface area contributed by atoms with E-state index in [-0.39, 0.29) is 23.3 Å². The third kappa shape index (κ3) is 2.23. The largest absolute Gasteiger partial charge is 0.477 e. The van der Waals surface area contributed by atoms with Gasteiger partial charge in [-0.2, -0.15) is 0 Å². The van der Waals surface area contributed by atoms with Crippen molar-refractivity contribution in [2.75, 3.05) is 6.54 Å². The summed E-state index contributed by atoms with van der Waals surface area (Å²) in [5, 5.41) is 8.98. The molecule has 2 unspecified atom stereocenters. The molecule has 6 heteroatoms. The van der Waals surface area contributed by atoms with Crippen LogP contribution in [-0.4, -0.2) is 44.4 Å². The Labute approximate surface area is 105 Å². The molecule has 1 aromatic rings. The molecule has 1 amide bonds. The smallest absolute Gasteiger partial charge is 0.354 e.